The molecular formula is C12H23NO2. The smallest absolute Gasteiger partial charge is 0.410 e. The number of carbonyl (C=O) groups excluding carboxylic acids is 1. The van der Waals surface area contributed by atoms with Gasteiger partial charge >= 0.3 is 6.09 Å². The van der Waals surface area contributed by atoms with Crippen molar-refractivity contribution in [3.8, 4) is 0 Å². The predicted molar refractivity (Wildman–Crippen MR) is 60.8 cm³/mol. The number of likely N-dealkylation sites (tertiary alicyclic amines) is 1. The lowest BCUT2D eigenvalue weighted by atomic mass is 10.0. The lowest BCUT2D eigenvalue weighted by molar-refractivity contribution is 0.0423. The first-order chi connectivity index (χ1) is 7.15. The fraction of sp³-hybridized carbons (Fsp3) is 0.917. The summed E-state index contributed by atoms with van der Waals surface area (Å²) in [6.07, 6.45) is 4.44. The Labute approximate surface area is 92.8 Å². The average Bonchev–Trinajstić information content (AvgIpc) is 2.29. The van der Waals surface area contributed by atoms with E-state index in [1.54, 1.807) is 0 Å². The van der Waals surface area contributed by atoms with Gasteiger partial charge in [-0.15, -0.1) is 0 Å². The van der Waals surface area contributed by atoms with Crippen molar-refractivity contribution in [3.05, 3.63) is 0 Å². The van der Waals surface area contributed by atoms with E-state index in [0.717, 1.165) is 32.4 Å². The number of ether oxygens (including phenoxy) is 1. The molecule has 1 aliphatic heterocycles. The standard InChI is InChI=1S/C12H23NO2/c1-4-10(2)11(3)15-12(14)13-8-6-5-7-9-13/h10-11H,4-9H2,1-3H3. The molecule has 2 unspecified atom stereocenters. The summed E-state index contributed by atoms with van der Waals surface area (Å²) in [6.45, 7) is 7.96. The minimum atomic E-state index is -0.123. The molecule has 3 nitrogen and oxygen atoms in total. The Kier molecular flexibility index (Phi) is 4.92. The van der Waals surface area contributed by atoms with Gasteiger partial charge in [0.05, 0.1) is 0 Å². The summed E-state index contributed by atoms with van der Waals surface area (Å²) < 4.78 is 5.43. The molecule has 0 radical (unpaired) electrons. The second-order valence-electron chi connectivity index (χ2n) is 4.52. The Morgan fingerprint density at radius 2 is 1.87 bits per heavy atom. The van der Waals surface area contributed by atoms with Crippen LogP contribution in [0.15, 0.2) is 0 Å². The van der Waals surface area contributed by atoms with Gasteiger partial charge < -0.3 is 9.64 Å². The normalized spacial score (nSPS) is 20.9. The van der Waals surface area contributed by atoms with Crippen molar-refractivity contribution in [2.24, 2.45) is 5.92 Å². The summed E-state index contributed by atoms with van der Waals surface area (Å²) in [5.74, 6) is 0.443. The molecule has 2 atom stereocenters. The Morgan fingerprint density at radius 1 is 1.27 bits per heavy atom. The number of carbonyl (C=O) groups is 1. The number of hydrogen-bond donors (Lipinski definition) is 0. The van der Waals surface area contributed by atoms with Crippen LogP contribution in [0.3, 0.4) is 0 Å². The fourth-order valence-corrected chi connectivity index (χ4v) is 1.76. The lowest BCUT2D eigenvalue weighted by Crippen LogP contribution is -2.38. The van der Waals surface area contributed by atoms with Gasteiger partial charge in [-0.1, -0.05) is 20.3 Å². The molecule has 0 N–H and O–H groups in total. The molecule has 0 aromatic carbocycles. The van der Waals surface area contributed by atoms with Gasteiger partial charge in [0.15, 0.2) is 0 Å². The van der Waals surface area contributed by atoms with E-state index in [0.29, 0.717) is 5.92 Å². The molecule has 0 spiro atoms. The van der Waals surface area contributed by atoms with Gasteiger partial charge in [0.2, 0.25) is 0 Å². The van der Waals surface area contributed by atoms with E-state index in [9.17, 15) is 4.79 Å². The van der Waals surface area contributed by atoms with Crippen LogP contribution >= 0.6 is 0 Å². The van der Waals surface area contributed by atoms with Gasteiger partial charge in [0.25, 0.3) is 0 Å². The highest BCUT2D eigenvalue weighted by Crippen LogP contribution is 2.15. The monoisotopic (exact) mass is 213 g/mol. The maximum absolute atomic E-state index is 11.7. The van der Waals surface area contributed by atoms with E-state index < -0.39 is 0 Å². The van der Waals surface area contributed by atoms with Gasteiger partial charge in [0, 0.05) is 13.1 Å². The molecule has 3 heteroatoms. The topological polar surface area (TPSA) is 29.5 Å². The molecule has 1 fully saturated rings. The molecule has 1 aliphatic rings. The zero-order valence-corrected chi connectivity index (χ0v) is 10.2. The maximum atomic E-state index is 11.7. The van der Waals surface area contributed by atoms with E-state index in [4.69, 9.17) is 4.74 Å². The largest absolute Gasteiger partial charge is 0.446 e. The molecule has 1 saturated heterocycles. The van der Waals surface area contributed by atoms with E-state index in [1.165, 1.54) is 6.42 Å². The molecule has 0 aliphatic carbocycles. The number of hydrogen-bond acceptors (Lipinski definition) is 2. The summed E-state index contributed by atoms with van der Waals surface area (Å²) in [5.41, 5.74) is 0. The lowest BCUT2D eigenvalue weighted by Gasteiger charge is -2.28. The van der Waals surface area contributed by atoms with Crippen LogP contribution in [-0.4, -0.2) is 30.2 Å². The van der Waals surface area contributed by atoms with Crippen molar-refractivity contribution >= 4 is 6.09 Å². The molecule has 15 heavy (non-hydrogen) atoms. The van der Waals surface area contributed by atoms with Gasteiger partial charge in [-0.05, 0) is 32.1 Å². The summed E-state index contributed by atoms with van der Waals surface area (Å²) >= 11 is 0. The molecule has 1 rings (SSSR count). The first-order valence-electron chi connectivity index (χ1n) is 6.10. The van der Waals surface area contributed by atoms with Crippen molar-refractivity contribution in [2.45, 2.75) is 52.6 Å². The van der Waals surface area contributed by atoms with Crippen LogP contribution in [0.25, 0.3) is 0 Å². The second kappa shape index (κ2) is 5.99. The minimum absolute atomic E-state index is 0.0319. The fourth-order valence-electron chi connectivity index (χ4n) is 1.76. The number of rotatable bonds is 3. The molecule has 1 heterocycles. The maximum Gasteiger partial charge on any atom is 0.410 e. The highest BCUT2D eigenvalue weighted by molar-refractivity contribution is 5.67. The van der Waals surface area contributed by atoms with Crippen LogP contribution in [0.5, 0.6) is 0 Å². The molecule has 0 aromatic heterocycles. The summed E-state index contributed by atoms with van der Waals surface area (Å²) in [4.78, 5) is 13.6. The molecule has 1 amide bonds. The number of nitrogens with zero attached hydrogens (tertiary/aromatic N) is 1. The average molecular weight is 213 g/mol. The van der Waals surface area contributed by atoms with Crippen LogP contribution < -0.4 is 0 Å². The van der Waals surface area contributed by atoms with E-state index >= 15 is 0 Å². The van der Waals surface area contributed by atoms with E-state index in [-0.39, 0.29) is 12.2 Å². The van der Waals surface area contributed by atoms with Crippen molar-refractivity contribution in [2.75, 3.05) is 13.1 Å². The van der Waals surface area contributed by atoms with Crippen LogP contribution in [-0.2, 0) is 4.74 Å². The van der Waals surface area contributed by atoms with Gasteiger partial charge in [-0.2, -0.15) is 0 Å². The van der Waals surface area contributed by atoms with Gasteiger partial charge in [-0.25, -0.2) is 4.79 Å². The first-order valence-corrected chi connectivity index (χ1v) is 6.10. The zero-order valence-electron chi connectivity index (χ0n) is 10.2. The van der Waals surface area contributed by atoms with Crippen molar-refractivity contribution < 1.29 is 9.53 Å². The molecular weight excluding hydrogens is 190 g/mol. The Hall–Kier alpha value is -0.730. The van der Waals surface area contributed by atoms with E-state index in [1.807, 2.05) is 11.8 Å². The van der Waals surface area contributed by atoms with Crippen LogP contribution in [0.1, 0.15) is 46.5 Å². The highest BCUT2D eigenvalue weighted by atomic mass is 16.6. The van der Waals surface area contributed by atoms with E-state index in [2.05, 4.69) is 13.8 Å². The molecule has 0 bridgehead atoms. The van der Waals surface area contributed by atoms with Crippen molar-refractivity contribution in [1.29, 1.82) is 0 Å². The van der Waals surface area contributed by atoms with Crippen LogP contribution in [0.2, 0.25) is 0 Å². The van der Waals surface area contributed by atoms with Crippen LogP contribution in [0.4, 0.5) is 4.79 Å². The summed E-state index contributed by atoms with van der Waals surface area (Å²) in [6, 6.07) is 0. The highest BCUT2D eigenvalue weighted by Gasteiger charge is 2.21. The number of piperidine rings is 1. The molecule has 88 valence electrons. The predicted octanol–water partition coefficient (Wildman–Crippen LogP) is 3.04. The third kappa shape index (κ3) is 3.73. The third-order valence-corrected chi connectivity index (χ3v) is 3.35. The quantitative estimate of drug-likeness (QED) is 0.721. The Bertz CT molecular complexity index is 200. The summed E-state index contributed by atoms with van der Waals surface area (Å²) in [7, 11) is 0. The zero-order chi connectivity index (χ0) is 11.3. The second-order valence-corrected chi connectivity index (χ2v) is 4.52. The van der Waals surface area contributed by atoms with Crippen LogP contribution in [0, 0.1) is 5.92 Å². The first kappa shape index (κ1) is 12.3. The van der Waals surface area contributed by atoms with Crippen molar-refractivity contribution in [3.63, 3.8) is 0 Å². The molecule has 0 aromatic rings. The van der Waals surface area contributed by atoms with Gasteiger partial charge in [-0.3, -0.25) is 0 Å². The minimum Gasteiger partial charge on any atom is -0.446 e. The van der Waals surface area contributed by atoms with Crippen molar-refractivity contribution in [1.82, 2.24) is 4.90 Å². The Morgan fingerprint density at radius 3 is 2.40 bits per heavy atom. The third-order valence-electron chi connectivity index (χ3n) is 3.35. The molecule has 0 saturated carbocycles. The number of amides is 1. The Balaban J connectivity index is 2.33. The SMILES string of the molecule is CCC(C)C(C)OC(=O)N1CCCCC1. The van der Waals surface area contributed by atoms with Gasteiger partial charge in [0.1, 0.15) is 6.10 Å². The summed E-state index contributed by atoms with van der Waals surface area (Å²) in [5, 5.41) is 0.